The number of nitrogens with zero attached hydrogens (tertiary/aromatic N) is 1. The monoisotopic (exact) mass is 248 g/mol. The molecule has 0 bridgehead atoms. The summed E-state index contributed by atoms with van der Waals surface area (Å²) in [5.74, 6) is 0.835. The summed E-state index contributed by atoms with van der Waals surface area (Å²) in [5, 5.41) is 1.01. The lowest BCUT2D eigenvalue weighted by atomic mass is 10.2. The Hall–Kier alpha value is -1.55. The molecule has 0 saturated heterocycles. The summed E-state index contributed by atoms with van der Waals surface area (Å²) >= 11 is 1.68. The number of aromatic nitrogens is 1. The number of anilines is 1. The number of nitrogen functional groups attached to an aromatic ring is 1. The Morgan fingerprint density at radius 1 is 1.29 bits per heavy atom. The third-order valence-corrected chi connectivity index (χ3v) is 3.72. The van der Waals surface area contributed by atoms with Gasteiger partial charge < -0.3 is 10.5 Å². The van der Waals surface area contributed by atoms with Crippen molar-refractivity contribution in [3.63, 3.8) is 0 Å². The fraction of sp³-hybridized carbons (Fsp3) is 0.308. The van der Waals surface area contributed by atoms with Crippen LogP contribution in [0.4, 0.5) is 5.69 Å². The molecule has 3 nitrogen and oxygen atoms in total. The maximum atomic E-state index is 5.75. The van der Waals surface area contributed by atoms with Gasteiger partial charge in [0, 0.05) is 10.6 Å². The first-order chi connectivity index (χ1) is 8.06. The van der Waals surface area contributed by atoms with E-state index < -0.39 is 0 Å². The summed E-state index contributed by atoms with van der Waals surface area (Å²) in [6, 6.07) is 5.70. The first-order valence-corrected chi connectivity index (χ1v) is 6.30. The highest BCUT2D eigenvalue weighted by Crippen LogP contribution is 2.21. The van der Waals surface area contributed by atoms with Gasteiger partial charge in [0.25, 0.3) is 0 Å². The van der Waals surface area contributed by atoms with E-state index in [-0.39, 0.29) is 0 Å². The van der Waals surface area contributed by atoms with Crippen molar-refractivity contribution in [2.75, 3.05) is 5.73 Å². The number of hydrogen-bond acceptors (Lipinski definition) is 4. The number of thiazole rings is 1. The second kappa shape index (κ2) is 4.75. The minimum atomic E-state index is 0.517. The summed E-state index contributed by atoms with van der Waals surface area (Å²) in [7, 11) is 0. The maximum absolute atomic E-state index is 5.75. The number of nitrogens with two attached hydrogens (primary N) is 1. The fourth-order valence-electron chi connectivity index (χ4n) is 1.48. The van der Waals surface area contributed by atoms with E-state index in [1.807, 2.05) is 32.0 Å². The van der Waals surface area contributed by atoms with Crippen molar-refractivity contribution in [1.82, 2.24) is 4.98 Å². The van der Waals surface area contributed by atoms with Crippen LogP contribution < -0.4 is 10.5 Å². The predicted molar refractivity (Wildman–Crippen MR) is 71.5 cm³/mol. The zero-order chi connectivity index (χ0) is 12.4. The van der Waals surface area contributed by atoms with Gasteiger partial charge in [-0.2, -0.15) is 0 Å². The molecule has 0 atom stereocenters. The zero-order valence-electron chi connectivity index (χ0n) is 10.3. The van der Waals surface area contributed by atoms with Crippen LogP contribution in [0.3, 0.4) is 0 Å². The van der Waals surface area contributed by atoms with Gasteiger partial charge in [-0.15, -0.1) is 11.3 Å². The van der Waals surface area contributed by atoms with Crippen LogP contribution in [0.5, 0.6) is 5.75 Å². The second-order valence-corrected chi connectivity index (χ2v) is 5.34. The molecule has 1 aromatic heterocycles. The Balaban J connectivity index is 2.04. The Morgan fingerprint density at radius 3 is 2.65 bits per heavy atom. The predicted octanol–water partition coefficient (Wildman–Crippen LogP) is 3.23. The highest BCUT2D eigenvalue weighted by Gasteiger charge is 2.04. The molecule has 0 aliphatic carbocycles. The lowest BCUT2D eigenvalue weighted by molar-refractivity contribution is 0.305. The average molecular weight is 248 g/mol. The Labute approximate surface area is 105 Å². The van der Waals surface area contributed by atoms with Gasteiger partial charge in [0.1, 0.15) is 17.4 Å². The number of hydrogen-bond donors (Lipinski definition) is 1. The van der Waals surface area contributed by atoms with E-state index in [4.69, 9.17) is 10.5 Å². The number of aryl methyl sites for hydroxylation is 3. The standard InChI is InChI=1S/C13H16N2OS/c1-8-6-11(4-5-12(8)14)16-7-13-15-9(2)10(3)17-13/h4-6H,7,14H2,1-3H3. The Kier molecular flexibility index (Phi) is 3.33. The molecule has 1 aromatic carbocycles. The molecule has 0 spiro atoms. The summed E-state index contributed by atoms with van der Waals surface area (Å²) in [5.41, 5.74) is 8.66. The highest BCUT2D eigenvalue weighted by atomic mass is 32.1. The summed E-state index contributed by atoms with van der Waals surface area (Å²) in [6.45, 7) is 6.58. The smallest absolute Gasteiger partial charge is 0.140 e. The van der Waals surface area contributed by atoms with Gasteiger partial charge in [-0.05, 0) is 44.5 Å². The molecular weight excluding hydrogens is 232 g/mol. The van der Waals surface area contributed by atoms with Crippen LogP contribution in [0.25, 0.3) is 0 Å². The van der Waals surface area contributed by atoms with Gasteiger partial charge in [0.05, 0.1) is 5.69 Å². The molecule has 0 amide bonds. The molecule has 0 aliphatic heterocycles. The maximum Gasteiger partial charge on any atom is 0.140 e. The molecule has 17 heavy (non-hydrogen) atoms. The molecule has 1 heterocycles. The van der Waals surface area contributed by atoms with Crippen molar-refractivity contribution in [3.05, 3.63) is 39.3 Å². The van der Waals surface area contributed by atoms with Crippen molar-refractivity contribution in [3.8, 4) is 5.75 Å². The average Bonchev–Trinajstić information content (AvgIpc) is 2.60. The molecule has 0 fully saturated rings. The third kappa shape index (κ3) is 2.77. The van der Waals surface area contributed by atoms with E-state index in [1.54, 1.807) is 11.3 Å². The topological polar surface area (TPSA) is 48.1 Å². The van der Waals surface area contributed by atoms with Gasteiger partial charge in [-0.3, -0.25) is 0 Å². The Morgan fingerprint density at radius 2 is 2.06 bits per heavy atom. The summed E-state index contributed by atoms with van der Waals surface area (Å²) in [6.07, 6.45) is 0. The Bertz CT molecular complexity index is 515. The molecule has 0 unspecified atom stereocenters. The summed E-state index contributed by atoms with van der Waals surface area (Å²) < 4.78 is 5.69. The minimum absolute atomic E-state index is 0.517. The zero-order valence-corrected chi connectivity index (χ0v) is 11.1. The molecule has 0 radical (unpaired) electrons. The van der Waals surface area contributed by atoms with E-state index in [2.05, 4.69) is 11.9 Å². The van der Waals surface area contributed by atoms with Crippen LogP contribution in [0.1, 0.15) is 21.1 Å². The van der Waals surface area contributed by atoms with Crippen LogP contribution in [0.15, 0.2) is 18.2 Å². The number of benzene rings is 1. The summed E-state index contributed by atoms with van der Waals surface area (Å²) in [4.78, 5) is 5.68. The van der Waals surface area contributed by atoms with Crippen LogP contribution in [0, 0.1) is 20.8 Å². The molecule has 4 heteroatoms. The van der Waals surface area contributed by atoms with Crippen LogP contribution in [-0.4, -0.2) is 4.98 Å². The van der Waals surface area contributed by atoms with E-state index in [9.17, 15) is 0 Å². The first-order valence-electron chi connectivity index (χ1n) is 5.48. The van der Waals surface area contributed by atoms with Gasteiger partial charge in [-0.25, -0.2) is 4.98 Å². The fourth-order valence-corrected chi connectivity index (χ4v) is 2.33. The van der Waals surface area contributed by atoms with Gasteiger partial charge in [0.2, 0.25) is 0 Å². The van der Waals surface area contributed by atoms with Crippen molar-refractivity contribution in [2.24, 2.45) is 0 Å². The minimum Gasteiger partial charge on any atom is -0.486 e. The number of ether oxygens (including phenoxy) is 1. The highest BCUT2D eigenvalue weighted by molar-refractivity contribution is 7.11. The van der Waals surface area contributed by atoms with Gasteiger partial charge in [-0.1, -0.05) is 0 Å². The van der Waals surface area contributed by atoms with Crippen molar-refractivity contribution < 1.29 is 4.74 Å². The molecule has 2 rings (SSSR count). The van der Waals surface area contributed by atoms with E-state index in [1.165, 1.54) is 4.88 Å². The SMILES string of the molecule is Cc1cc(OCc2nc(C)c(C)s2)ccc1N. The van der Waals surface area contributed by atoms with Crippen molar-refractivity contribution >= 4 is 17.0 Å². The van der Waals surface area contributed by atoms with E-state index in [0.717, 1.165) is 27.7 Å². The quantitative estimate of drug-likeness (QED) is 0.848. The first kappa shape index (κ1) is 11.9. The molecule has 0 saturated carbocycles. The molecule has 0 aliphatic rings. The molecule has 2 N–H and O–H groups in total. The van der Waals surface area contributed by atoms with E-state index >= 15 is 0 Å². The number of rotatable bonds is 3. The van der Waals surface area contributed by atoms with Crippen molar-refractivity contribution in [2.45, 2.75) is 27.4 Å². The largest absolute Gasteiger partial charge is 0.486 e. The van der Waals surface area contributed by atoms with E-state index in [0.29, 0.717) is 6.61 Å². The third-order valence-electron chi connectivity index (χ3n) is 2.68. The van der Waals surface area contributed by atoms with Crippen LogP contribution in [0.2, 0.25) is 0 Å². The lowest BCUT2D eigenvalue weighted by Gasteiger charge is -2.06. The van der Waals surface area contributed by atoms with Crippen LogP contribution >= 0.6 is 11.3 Å². The molecule has 90 valence electrons. The van der Waals surface area contributed by atoms with Crippen LogP contribution in [-0.2, 0) is 6.61 Å². The molecular formula is C13H16N2OS. The lowest BCUT2D eigenvalue weighted by Crippen LogP contribution is -1.96. The second-order valence-electron chi connectivity index (χ2n) is 4.06. The molecule has 2 aromatic rings. The normalized spacial score (nSPS) is 10.5. The van der Waals surface area contributed by atoms with Gasteiger partial charge in [0.15, 0.2) is 0 Å². The van der Waals surface area contributed by atoms with Crippen molar-refractivity contribution in [1.29, 1.82) is 0 Å². The van der Waals surface area contributed by atoms with Gasteiger partial charge >= 0.3 is 0 Å².